The molecule has 2 amide bonds. The van der Waals surface area contributed by atoms with Gasteiger partial charge in [-0.3, -0.25) is 13.9 Å². The molecule has 3 aromatic carbocycles. The van der Waals surface area contributed by atoms with Crippen molar-refractivity contribution in [2.45, 2.75) is 50.5 Å². The number of rotatable bonds is 10. The predicted molar refractivity (Wildman–Crippen MR) is 157 cm³/mol. The Morgan fingerprint density at radius 1 is 0.881 bits per heavy atom. The average molecular weight is 665 g/mol. The Bertz CT molecular complexity index is 1530. The quantitative estimate of drug-likeness (QED) is 0.258. The Kier molecular flexibility index (Phi) is 10.8. The lowest BCUT2D eigenvalue weighted by molar-refractivity contribution is -0.139. The fourth-order valence-corrected chi connectivity index (χ4v) is 6.19. The number of nitrogens with one attached hydrogen (secondary N) is 1. The highest BCUT2D eigenvalue weighted by Crippen LogP contribution is 2.37. The normalized spacial score (nSPS) is 12.6. The second-order valence-corrected chi connectivity index (χ2v) is 12.6. The van der Waals surface area contributed by atoms with Crippen LogP contribution in [-0.4, -0.2) is 43.8 Å². The van der Waals surface area contributed by atoms with Crippen molar-refractivity contribution in [3.05, 3.63) is 92.9 Å². The van der Waals surface area contributed by atoms with Crippen LogP contribution in [-0.2, 0) is 32.3 Å². The van der Waals surface area contributed by atoms with Crippen LogP contribution in [0.25, 0.3) is 0 Å². The Hall–Kier alpha value is -2.99. The number of nitrogens with zero attached hydrogens (tertiary/aromatic N) is 2. The Morgan fingerprint density at radius 2 is 1.48 bits per heavy atom. The van der Waals surface area contributed by atoms with Gasteiger partial charge >= 0.3 is 6.18 Å². The molecule has 0 aromatic heterocycles. The van der Waals surface area contributed by atoms with Crippen molar-refractivity contribution in [1.29, 1.82) is 0 Å². The van der Waals surface area contributed by atoms with Gasteiger partial charge in [-0.1, -0.05) is 59.1 Å². The van der Waals surface area contributed by atoms with E-state index in [9.17, 15) is 31.2 Å². The van der Waals surface area contributed by atoms with Crippen molar-refractivity contribution in [2.75, 3.05) is 10.8 Å². The lowest BCUT2D eigenvalue weighted by Gasteiger charge is -2.33. The molecular formula is C28H27Cl3F3N3O4S. The van der Waals surface area contributed by atoms with Crippen LogP contribution in [0.5, 0.6) is 0 Å². The molecule has 226 valence electrons. The van der Waals surface area contributed by atoms with Crippen LogP contribution in [0.3, 0.4) is 0 Å². The van der Waals surface area contributed by atoms with Crippen molar-refractivity contribution in [3.8, 4) is 0 Å². The summed E-state index contributed by atoms with van der Waals surface area (Å²) in [5, 5.41) is 2.72. The van der Waals surface area contributed by atoms with E-state index in [-0.39, 0.29) is 38.1 Å². The molecule has 0 radical (unpaired) electrons. The molecule has 3 aromatic rings. The molecule has 0 bridgehead atoms. The number of halogens is 6. The van der Waals surface area contributed by atoms with E-state index >= 15 is 0 Å². The fourth-order valence-electron chi connectivity index (χ4n) is 3.95. The first-order chi connectivity index (χ1) is 19.5. The topological polar surface area (TPSA) is 86.8 Å². The van der Waals surface area contributed by atoms with E-state index in [1.807, 2.05) is 0 Å². The third-order valence-corrected chi connectivity index (χ3v) is 8.94. The van der Waals surface area contributed by atoms with Gasteiger partial charge in [-0.15, -0.1) is 0 Å². The smallest absolute Gasteiger partial charge is 0.352 e. The van der Waals surface area contributed by atoms with Gasteiger partial charge < -0.3 is 10.2 Å². The molecule has 7 nitrogen and oxygen atoms in total. The maximum absolute atomic E-state index is 13.9. The van der Waals surface area contributed by atoms with Crippen molar-refractivity contribution in [1.82, 2.24) is 10.2 Å². The second-order valence-electron chi connectivity index (χ2n) is 9.55. The summed E-state index contributed by atoms with van der Waals surface area (Å²) < 4.78 is 69.0. The molecule has 3 rings (SSSR count). The van der Waals surface area contributed by atoms with Crippen LogP contribution < -0.4 is 9.62 Å². The number of benzene rings is 3. The van der Waals surface area contributed by atoms with E-state index in [0.717, 1.165) is 11.0 Å². The zero-order valence-corrected chi connectivity index (χ0v) is 25.7. The molecule has 1 unspecified atom stereocenters. The summed E-state index contributed by atoms with van der Waals surface area (Å²) in [6, 6.07) is 12.2. The number of anilines is 1. The third kappa shape index (κ3) is 7.89. The van der Waals surface area contributed by atoms with Gasteiger partial charge in [-0.25, -0.2) is 8.42 Å². The van der Waals surface area contributed by atoms with Gasteiger partial charge in [0.2, 0.25) is 11.8 Å². The van der Waals surface area contributed by atoms with Crippen LogP contribution in [0.4, 0.5) is 18.9 Å². The molecule has 0 aliphatic heterocycles. The van der Waals surface area contributed by atoms with Gasteiger partial charge in [0.05, 0.1) is 21.2 Å². The van der Waals surface area contributed by atoms with Crippen LogP contribution in [0.2, 0.25) is 15.1 Å². The molecule has 0 aliphatic carbocycles. The summed E-state index contributed by atoms with van der Waals surface area (Å²) >= 11 is 18.9. The molecule has 14 heteroatoms. The van der Waals surface area contributed by atoms with Crippen molar-refractivity contribution in [3.63, 3.8) is 0 Å². The van der Waals surface area contributed by atoms with E-state index in [1.54, 1.807) is 26.0 Å². The molecule has 0 heterocycles. The monoisotopic (exact) mass is 663 g/mol. The number of carbonyl (C=O) groups is 2. The SMILES string of the molecule is CC(C)NC(=O)C(C)N(Cc1c(Cl)cccc1Cl)C(=O)CN(c1cc(C(F)(F)F)ccc1Cl)S(=O)(=O)c1ccccc1. The first-order valence-electron chi connectivity index (χ1n) is 12.5. The molecule has 0 saturated carbocycles. The van der Waals surface area contributed by atoms with Gasteiger partial charge in [0.1, 0.15) is 12.6 Å². The molecule has 0 saturated heterocycles. The number of carbonyl (C=O) groups excluding carboxylic acids is 2. The van der Waals surface area contributed by atoms with Gasteiger partial charge in [0.15, 0.2) is 0 Å². The number of hydrogen-bond donors (Lipinski definition) is 1. The lowest BCUT2D eigenvalue weighted by atomic mass is 10.1. The van der Waals surface area contributed by atoms with E-state index in [0.29, 0.717) is 16.4 Å². The molecule has 42 heavy (non-hydrogen) atoms. The summed E-state index contributed by atoms with van der Waals surface area (Å²) in [4.78, 5) is 27.7. The molecule has 0 fully saturated rings. The minimum atomic E-state index is -4.83. The summed E-state index contributed by atoms with van der Waals surface area (Å²) in [6.45, 7) is 3.55. The zero-order chi connectivity index (χ0) is 31.4. The minimum absolute atomic E-state index is 0.187. The third-order valence-electron chi connectivity index (χ3n) is 6.14. The van der Waals surface area contributed by atoms with E-state index in [1.165, 1.54) is 43.3 Å². The van der Waals surface area contributed by atoms with Crippen molar-refractivity contribution >= 4 is 62.3 Å². The average Bonchev–Trinajstić information content (AvgIpc) is 2.91. The molecular weight excluding hydrogens is 638 g/mol. The Morgan fingerprint density at radius 3 is 2.02 bits per heavy atom. The Balaban J connectivity index is 2.16. The van der Waals surface area contributed by atoms with Crippen LogP contribution in [0.15, 0.2) is 71.6 Å². The van der Waals surface area contributed by atoms with Crippen molar-refractivity contribution in [2.24, 2.45) is 0 Å². The maximum Gasteiger partial charge on any atom is 0.416 e. The number of amides is 2. The Labute approximate surface area is 257 Å². The first kappa shape index (κ1) is 33.5. The molecule has 1 N–H and O–H groups in total. The standard InChI is InChI=1S/C28H27Cl3F3N3O4S/c1-17(2)35-27(39)18(3)36(15-21-22(29)10-7-11-23(21)30)26(38)16-37(42(40,41)20-8-5-4-6-9-20)25-14-19(28(32,33)34)12-13-24(25)31/h4-14,17-18H,15-16H2,1-3H3,(H,35,39). The van der Waals surface area contributed by atoms with Gasteiger partial charge in [0, 0.05) is 28.2 Å². The minimum Gasteiger partial charge on any atom is -0.352 e. The van der Waals surface area contributed by atoms with E-state index < -0.39 is 51.9 Å². The highest BCUT2D eigenvalue weighted by atomic mass is 35.5. The van der Waals surface area contributed by atoms with Crippen LogP contribution in [0.1, 0.15) is 31.9 Å². The van der Waals surface area contributed by atoms with Gasteiger partial charge in [-0.2, -0.15) is 13.2 Å². The van der Waals surface area contributed by atoms with Gasteiger partial charge in [0.25, 0.3) is 10.0 Å². The van der Waals surface area contributed by atoms with E-state index in [4.69, 9.17) is 34.8 Å². The summed E-state index contributed by atoms with van der Waals surface area (Å²) in [7, 11) is -4.64. The molecule has 0 spiro atoms. The number of alkyl halides is 3. The summed E-state index contributed by atoms with van der Waals surface area (Å²) in [5.74, 6) is -1.48. The molecule has 0 aliphatic rings. The predicted octanol–water partition coefficient (Wildman–Crippen LogP) is 6.80. The fraction of sp³-hybridized carbons (Fsp3) is 0.286. The van der Waals surface area contributed by atoms with Crippen molar-refractivity contribution < 1.29 is 31.2 Å². The highest BCUT2D eigenvalue weighted by Gasteiger charge is 2.36. The van der Waals surface area contributed by atoms with Gasteiger partial charge in [-0.05, 0) is 63.2 Å². The van der Waals surface area contributed by atoms with Crippen LogP contribution in [0, 0.1) is 0 Å². The largest absolute Gasteiger partial charge is 0.416 e. The number of sulfonamides is 1. The van der Waals surface area contributed by atoms with E-state index in [2.05, 4.69) is 5.32 Å². The van der Waals surface area contributed by atoms with Crippen LogP contribution >= 0.6 is 34.8 Å². The summed E-state index contributed by atoms with van der Waals surface area (Å²) in [5.41, 5.74) is -1.46. The molecule has 1 atom stereocenters. The number of hydrogen-bond acceptors (Lipinski definition) is 4. The first-order valence-corrected chi connectivity index (χ1v) is 15.1. The highest BCUT2D eigenvalue weighted by molar-refractivity contribution is 7.92. The zero-order valence-electron chi connectivity index (χ0n) is 22.6. The summed E-state index contributed by atoms with van der Waals surface area (Å²) in [6.07, 6.45) is -4.83. The maximum atomic E-state index is 13.9. The lowest BCUT2D eigenvalue weighted by Crippen LogP contribution is -2.52. The second kappa shape index (κ2) is 13.5.